The largest absolute Gasteiger partial charge is 0.481 e. The van der Waals surface area contributed by atoms with E-state index in [1.54, 1.807) is 6.92 Å². The predicted octanol–water partition coefficient (Wildman–Crippen LogP) is 7.48. The summed E-state index contributed by atoms with van der Waals surface area (Å²) < 4.78 is 27.8. The van der Waals surface area contributed by atoms with Crippen molar-refractivity contribution in [1.29, 1.82) is 0 Å². The first kappa shape index (κ1) is 34.5. The van der Waals surface area contributed by atoms with Gasteiger partial charge in [-0.1, -0.05) is 98.6 Å². The van der Waals surface area contributed by atoms with E-state index in [0.717, 1.165) is 31.3 Å². The zero-order chi connectivity index (χ0) is 29.8. The van der Waals surface area contributed by atoms with Crippen LogP contribution in [0, 0.1) is 6.92 Å². The topological polar surface area (TPSA) is 81.6 Å². The number of rotatable bonds is 12. The average Bonchev–Trinajstić information content (AvgIpc) is 2.96. The molecule has 2 unspecified atom stereocenters. The van der Waals surface area contributed by atoms with Crippen LogP contribution in [0.4, 0.5) is 8.78 Å². The van der Waals surface area contributed by atoms with Crippen molar-refractivity contribution >= 4 is 5.97 Å². The highest BCUT2D eigenvalue weighted by Gasteiger charge is 2.25. The lowest BCUT2D eigenvalue weighted by atomic mass is 9.87. The van der Waals surface area contributed by atoms with E-state index in [1.807, 2.05) is 42.5 Å². The Kier molecular flexibility index (Phi) is 17.6. The average molecular weight is 555 g/mol. The fraction of sp³-hybridized carbons (Fsp3) is 0.364. The van der Waals surface area contributed by atoms with Crippen LogP contribution in [-0.2, 0) is 4.79 Å². The van der Waals surface area contributed by atoms with Gasteiger partial charge < -0.3 is 15.5 Å². The maximum Gasteiger partial charge on any atom is 0.304 e. The summed E-state index contributed by atoms with van der Waals surface area (Å²) >= 11 is 0. The van der Waals surface area contributed by atoms with Gasteiger partial charge in [0.1, 0.15) is 0 Å². The lowest BCUT2D eigenvalue weighted by Crippen LogP contribution is -2.29. The van der Waals surface area contributed by atoms with Crippen molar-refractivity contribution in [2.45, 2.75) is 64.8 Å². The number of allylic oxidation sites excluding steroid dienone is 3. The third kappa shape index (κ3) is 13.5. The smallest absolute Gasteiger partial charge is 0.304 e. The van der Waals surface area contributed by atoms with Crippen LogP contribution in [0.3, 0.4) is 0 Å². The number of carboxylic acid groups (broad SMARTS) is 1. The van der Waals surface area contributed by atoms with E-state index in [1.165, 1.54) is 23.4 Å². The Morgan fingerprint density at radius 3 is 2.17 bits per heavy atom. The zero-order valence-corrected chi connectivity index (χ0v) is 23.9. The molecule has 0 amide bonds. The number of nitrogens with one attached hydrogen (secondary N) is 2. The Morgan fingerprint density at radius 1 is 1.07 bits per heavy atom. The minimum absolute atomic E-state index is 0.0561. The second-order valence-corrected chi connectivity index (χ2v) is 9.44. The Balaban J connectivity index is 0.000000465. The molecule has 2 aromatic rings. The summed E-state index contributed by atoms with van der Waals surface area (Å²) in [6.07, 6.45) is 9.09. The van der Waals surface area contributed by atoms with Gasteiger partial charge in [-0.2, -0.15) is 0 Å². The number of benzene rings is 2. The van der Waals surface area contributed by atoms with Gasteiger partial charge in [-0.15, -0.1) is 0 Å². The minimum Gasteiger partial charge on any atom is -0.481 e. The van der Waals surface area contributed by atoms with Gasteiger partial charge in [-0.3, -0.25) is 10.1 Å². The minimum atomic E-state index is -0.856. The summed E-state index contributed by atoms with van der Waals surface area (Å²) in [7, 11) is 0. The zero-order valence-electron chi connectivity index (χ0n) is 23.9. The van der Waals surface area contributed by atoms with Crippen LogP contribution in [0.5, 0.6) is 0 Å². The van der Waals surface area contributed by atoms with Gasteiger partial charge in [-0.05, 0) is 61.6 Å². The summed E-state index contributed by atoms with van der Waals surface area (Å²) in [6, 6.07) is 20.3. The molecule has 7 heteroatoms. The Bertz CT molecular complexity index is 1070. The fourth-order valence-corrected chi connectivity index (χ4v) is 4.02. The van der Waals surface area contributed by atoms with Gasteiger partial charge in [-0.25, -0.2) is 8.78 Å². The maximum atomic E-state index is 13.9. The predicted molar refractivity (Wildman–Crippen MR) is 160 cm³/mol. The molecule has 0 heterocycles. The molecular weight excluding hydrogens is 510 g/mol. The second-order valence-electron chi connectivity index (χ2n) is 9.44. The Morgan fingerprint density at radius 2 is 1.68 bits per heavy atom. The molecule has 0 fully saturated rings. The van der Waals surface area contributed by atoms with Crippen molar-refractivity contribution in [3.05, 3.63) is 120 Å². The van der Waals surface area contributed by atoms with Crippen LogP contribution >= 0.6 is 0 Å². The quantitative estimate of drug-likeness (QED) is 0.162. The third-order valence-corrected chi connectivity index (χ3v) is 6.29. The van der Waals surface area contributed by atoms with Gasteiger partial charge >= 0.3 is 5.97 Å². The molecule has 2 aromatic carbocycles. The summed E-state index contributed by atoms with van der Waals surface area (Å²) in [4.78, 5) is 9.75. The number of unbranched alkanes of at least 4 members (excludes halogenated alkanes) is 1. The van der Waals surface area contributed by atoms with E-state index in [9.17, 15) is 13.6 Å². The van der Waals surface area contributed by atoms with Gasteiger partial charge in [0.25, 0.3) is 0 Å². The van der Waals surface area contributed by atoms with Crippen LogP contribution in [-0.4, -0.2) is 35.5 Å². The van der Waals surface area contributed by atoms with E-state index >= 15 is 0 Å². The summed E-state index contributed by atoms with van der Waals surface area (Å²) in [5.74, 6) is -2.05. The SMILES string of the molecule is C=CNC1C(C)=C(F)C(F)=C/C1=C\CC(CCCC)c1ccc(C)cc1.O=C(O)CCNCO.c1ccccc1. The van der Waals surface area contributed by atoms with Gasteiger partial charge in [0, 0.05) is 6.54 Å². The molecule has 4 N–H and O–H groups in total. The van der Waals surface area contributed by atoms with E-state index in [-0.39, 0.29) is 19.2 Å². The molecule has 0 bridgehead atoms. The van der Waals surface area contributed by atoms with Crippen molar-refractivity contribution in [3.8, 4) is 0 Å². The van der Waals surface area contributed by atoms with Crippen LogP contribution in [0.25, 0.3) is 0 Å². The van der Waals surface area contributed by atoms with Crippen LogP contribution in [0.1, 0.15) is 63.0 Å². The molecule has 0 aliphatic heterocycles. The normalized spacial score (nSPS) is 16.1. The molecule has 40 heavy (non-hydrogen) atoms. The lowest BCUT2D eigenvalue weighted by molar-refractivity contribution is -0.136. The number of aryl methyl sites for hydroxylation is 1. The van der Waals surface area contributed by atoms with Gasteiger partial charge in [0.05, 0.1) is 19.2 Å². The molecule has 1 aliphatic carbocycles. The van der Waals surface area contributed by atoms with Crippen molar-refractivity contribution < 1.29 is 23.8 Å². The molecule has 2 atom stereocenters. The summed E-state index contributed by atoms with van der Waals surface area (Å²) in [5.41, 5.74) is 3.66. The molecule has 0 saturated carbocycles. The lowest BCUT2D eigenvalue weighted by Gasteiger charge is -2.25. The van der Waals surface area contributed by atoms with E-state index < -0.39 is 17.6 Å². The molecule has 0 saturated heterocycles. The van der Waals surface area contributed by atoms with Gasteiger partial charge in [0.15, 0.2) is 11.7 Å². The standard InChI is InChI=1S/C23H29F2N.C6H6.C4H9NO3/c1-5-7-8-18(19-11-9-16(3)10-12-19)13-14-20-15-21(24)22(25)17(4)23(20)26-6-2;1-2-4-6-5-3-1;6-3-5-2-1-4(7)8/h6,9-12,14-15,18,23,26H,2,5,7-8,13H2,1,3-4H3;1-6H;5-6H,1-3H2,(H,7,8)/b20-14+;;. The van der Waals surface area contributed by atoms with Crippen molar-refractivity contribution in [3.63, 3.8) is 0 Å². The number of aliphatic hydroxyl groups is 1. The first-order chi connectivity index (χ1) is 19.2. The maximum absolute atomic E-state index is 13.9. The molecule has 0 radical (unpaired) electrons. The molecule has 0 aromatic heterocycles. The first-order valence-electron chi connectivity index (χ1n) is 13.7. The number of hydrogen-bond acceptors (Lipinski definition) is 4. The number of hydrogen-bond donors (Lipinski definition) is 4. The van der Waals surface area contributed by atoms with Crippen molar-refractivity contribution in [2.75, 3.05) is 13.3 Å². The highest BCUT2D eigenvalue weighted by Crippen LogP contribution is 2.33. The molecule has 5 nitrogen and oxygen atoms in total. The number of carboxylic acids is 1. The van der Waals surface area contributed by atoms with E-state index in [2.05, 4.69) is 55.3 Å². The van der Waals surface area contributed by atoms with E-state index in [4.69, 9.17) is 10.2 Å². The highest BCUT2D eigenvalue weighted by molar-refractivity contribution is 5.66. The third-order valence-electron chi connectivity index (χ3n) is 6.29. The van der Waals surface area contributed by atoms with Crippen LogP contribution in [0.2, 0.25) is 0 Å². The summed E-state index contributed by atoms with van der Waals surface area (Å²) in [6.45, 7) is 9.71. The first-order valence-corrected chi connectivity index (χ1v) is 13.7. The molecule has 218 valence electrons. The molecule has 0 spiro atoms. The number of carbonyl (C=O) groups is 1. The number of aliphatic carboxylic acids is 1. The molecular formula is C33H44F2N2O3. The van der Waals surface area contributed by atoms with Crippen LogP contribution < -0.4 is 10.6 Å². The van der Waals surface area contributed by atoms with Crippen LogP contribution in [0.15, 0.2) is 108 Å². The van der Waals surface area contributed by atoms with Crippen molar-refractivity contribution in [2.24, 2.45) is 0 Å². The Hall–Kier alpha value is -3.55. The molecule has 3 rings (SSSR count). The fourth-order valence-electron chi connectivity index (χ4n) is 4.02. The molecule has 1 aliphatic rings. The number of halogens is 2. The monoisotopic (exact) mass is 554 g/mol. The highest BCUT2D eigenvalue weighted by atomic mass is 19.2. The summed E-state index contributed by atoms with van der Waals surface area (Å²) in [5, 5.41) is 21.6. The number of aliphatic hydroxyl groups excluding tert-OH is 1. The second kappa shape index (κ2) is 20.4. The Labute approximate surface area is 238 Å². The van der Waals surface area contributed by atoms with Crippen molar-refractivity contribution in [1.82, 2.24) is 10.6 Å². The van der Waals surface area contributed by atoms with Gasteiger partial charge in [0.2, 0.25) is 0 Å². The van der Waals surface area contributed by atoms with E-state index in [0.29, 0.717) is 18.0 Å².